The molecular weight excluding hydrogens is 240 g/mol. The van der Waals surface area contributed by atoms with Crippen molar-refractivity contribution in [1.82, 2.24) is 10.2 Å². The molecule has 4 heteroatoms. The van der Waals surface area contributed by atoms with Crippen LogP contribution < -0.4 is 5.32 Å². The molecule has 1 atom stereocenters. The van der Waals surface area contributed by atoms with Gasteiger partial charge in [0.15, 0.2) is 0 Å². The number of nitrogens with one attached hydrogen (secondary N) is 1. The number of para-hydroxylation sites is 1. The van der Waals surface area contributed by atoms with E-state index in [2.05, 4.69) is 5.32 Å². The number of amides is 1. The van der Waals surface area contributed by atoms with Crippen LogP contribution in [0.2, 0.25) is 0 Å². The molecule has 1 aromatic rings. The lowest BCUT2D eigenvalue weighted by atomic mass is 9.92. The first-order valence-corrected chi connectivity index (χ1v) is 6.86. The number of nitrogens with zero attached hydrogens (tertiary/aromatic N) is 1. The number of carbonyl (C=O) groups is 1. The first-order valence-electron chi connectivity index (χ1n) is 6.86. The molecule has 104 valence electrons. The number of phenolic OH excluding ortho intramolecular Hbond substituents is 1. The zero-order valence-corrected chi connectivity index (χ0v) is 11.6. The van der Waals surface area contributed by atoms with Crippen molar-refractivity contribution in [2.45, 2.75) is 38.3 Å². The van der Waals surface area contributed by atoms with Crippen LogP contribution in [0.3, 0.4) is 0 Å². The minimum absolute atomic E-state index is 0.121. The Labute approximate surface area is 114 Å². The summed E-state index contributed by atoms with van der Waals surface area (Å²) < 4.78 is 0. The van der Waals surface area contributed by atoms with Crippen LogP contribution in [0.4, 0.5) is 0 Å². The highest BCUT2D eigenvalue weighted by Gasteiger charge is 2.40. The summed E-state index contributed by atoms with van der Waals surface area (Å²) in [6, 6.07) is 7.15. The van der Waals surface area contributed by atoms with Crippen molar-refractivity contribution >= 4 is 5.91 Å². The van der Waals surface area contributed by atoms with Crippen LogP contribution in [0.25, 0.3) is 0 Å². The third-order valence-electron chi connectivity index (χ3n) is 4.00. The zero-order chi connectivity index (χ0) is 13.9. The summed E-state index contributed by atoms with van der Waals surface area (Å²) in [6.45, 7) is 3.39. The van der Waals surface area contributed by atoms with Gasteiger partial charge in [0.25, 0.3) is 0 Å². The Morgan fingerprint density at radius 1 is 1.47 bits per heavy atom. The predicted molar refractivity (Wildman–Crippen MR) is 74.8 cm³/mol. The van der Waals surface area contributed by atoms with Crippen molar-refractivity contribution in [2.24, 2.45) is 0 Å². The maximum atomic E-state index is 12.6. The number of aromatic hydroxyl groups is 1. The number of hydrogen-bond donors (Lipinski definition) is 2. The predicted octanol–water partition coefficient (Wildman–Crippen LogP) is 1.88. The second-order valence-electron chi connectivity index (χ2n) is 5.26. The van der Waals surface area contributed by atoms with Crippen molar-refractivity contribution in [1.29, 1.82) is 0 Å². The minimum atomic E-state index is -0.404. The van der Waals surface area contributed by atoms with E-state index in [0.717, 1.165) is 31.4 Å². The van der Waals surface area contributed by atoms with Gasteiger partial charge in [0.1, 0.15) is 5.75 Å². The van der Waals surface area contributed by atoms with Gasteiger partial charge in [0, 0.05) is 19.2 Å². The zero-order valence-electron chi connectivity index (χ0n) is 11.6. The van der Waals surface area contributed by atoms with Gasteiger partial charge in [-0.25, -0.2) is 0 Å². The molecule has 1 aromatic carbocycles. The van der Waals surface area contributed by atoms with E-state index in [1.54, 1.807) is 24.1 Å². The summed E-state index contributed by atoms with van der Waals surface area (Å²) in [6.07, 6.45) is 2.74. The van der Waals surface area contributed by atoms with E-state index in [4.69, 9.17) is 0 Å². The molecule has 0 saturated carbocycles. The largest absolute Gasteiger partial charge is 0.508 e. The molecule has 0 aliphatic carbocycles. The SMILES string of the molecule is CCC1(C(=O)N(C)Cc2ccccc2O)CCCN1. The smallest absolute Gasteiger partial charge is 0.242 e. The van der Waals surface area contributed by atoms with Crippen LogP contribution in [0.1, 0.15) is 31.7 Å². The van der Waals surface area contributed by atoms with E-state index in [1.165, 1.54) is 0 Å². The van der Waals surface area contributed by atoms with E-state index >= 15 is 0 Å². The average Bonchev–Trinajstić information content (AvgIpc) is 2.90. The van der Waals surface area contributed by atoms with Crippen LogP contribution in [-0.4, -0.2) is 35.0 Å². The molecule has 0 aromatic heterocycles. The average molecular weight is 262 g/mol. The van der Waals surface area contributed by atoms with Gasteiger partial charge in [0.2, 0.25) is 5.91 Å². The highest BCUT2D eigenvalue weighted by atomic mass is 16.3. The first-order chi connectivity index (χ1) is 9.09. The summed E-state index contributed by atoms with van der Waals surface area (Å²) in [7, 11) is 1.80. The van der Waals surface area contributed by atoms with Crippen LogP contribution in [-0.2, 0) is 11.3 Å². The Balaban J connectivity index is 2.09. The molecule has 1 heterocycles. The van der Waals surface area contributed by atoms with Crippen LogP contribution in [0.5, 0.6) is 5.75 Å². The molecule has 1 aliphatic rings. The number of benzene rings is 1. The molecule has 0 spiro atoms. The Bertz CT molecular complexity index is 453. The van der Waals surface area contributed by atoms with Crippen molar-refractivity contribution in [3.05, 3.63) is 29.8 Å². The summed E-state index contributed by atoms with van der Waals surface area (Å²) in [5.41, 5.74) is 0.377. The molecule has 2 N–H and O–H groups in total. The van der Waals surface area contributed by atoms with Crippen molar-refractivity contribution in [3.8, 4) is 5.75 Å². The van der Waals surface area contributed by atoms with Gasteiger partial charge in [-0.1, -0.05) is 25.1 Å². The van der Waals surface area contributed by atoms with Crippen molar-refractivity contribution < 1.29 is 9.90 Å². The standard InChI is InChI=1S/C15H22N2O2/c1-3-15(9-6-10-16-15)14(19)17(2)11-12-7-4-5-8-13(12)18/h4-5,7-8,16,18H,3,6,9-11H2,1-2H3. The number of rotatable bonds is 4. The van der Waals surface area contributed by atoms with Crippen LogP contribution in [0.15, 0.2) is 24.3 Å². The monoisotopic (exact) mass is 262 g/mol. The second-order valence-corrected chi connectivity index (χ2v) is 5.26. The van der Waals surface area contributed by atoms with Gasteiger partial charge in [-0.05, 0) is 31.9 Å². The van der Waals surface area contributed by atoms with Gasteiger partial charge in [-0.3, -0.25) is 4.79 Å². The molecular formula is C15H22N2O2. The third-order valence-corrected chi connectivity index (χ3v) is 4.00. The highest BCUT2D eigenvalue weighted by molar-refractivity contribution is 5.86. The molecule has 0 bridgehead atoms. The van der Waals surface area contributed by atoms with E-state index in [0.29, 0.717) is 6.54 Å². The lowest BCUT2D eigenvalue weighted by Crippen LogP contribution is -2.53. The Kier molecular flexibility index (Phi) is 4.10. The Morgan fingerprint density at radius 2 is 2.21 bits per heavy atom. The first kappa shape index (κ1) is 13.9. The number of hydrogen-bond acceptors (Lipinski definition) is 3. The number of likely N-dealkylation sites (N-methyl/N-ethyl adjacent to an activating group) is 1. The molecule has 2 rings (SSSR count). The molecule has 1 unspecified atom stereocenters. The van der Waals surface area contributed by atoms with Crippen molar-refractivity contribution in [2.75, 3.05) is 13.6 Å². The molecule has 1 amide bonds. The van der Waals surface area contributed by atoms with Gasteiger partial charge in [0.05, 0.1) is 5.54 Å². The van der Waals surface area contributed by atoms with Crippen LogP contribution in [0, 0.1) is 0 Å². The highest BCUT2D eigenvalue weighted by Crippen LogP contribution is 2.26. The molecule has 0 radical (unpaired) electrons. The number of carbonyl (C=O) groups excluding carboxylic acids is 1. The fourth-order valence-corrected chi connectivity index (χ4v) is 2.78. The molecule has 1 aliphatic heterocycles. The molecule has 1 saturated heterocycles. The Hall–Kier alpha value is -1.55. The fraction of sp³-hybridized carbons (Fsp3) is 0.533. The minimum Gasteiger partial charge on any atom is -0.508 e. The maximum absolute atomic E-state index is 12.6. The third kappa shape index (κ3) is 2.73. The quantitative estimate of drug-likeness (QED) is 0.871. The lowest BCUT2D eigenvalue weighted by Gasteiger charge is -2.32. The Morgan fingerprint density at radius 3 is 2.79 bits per heavy atom. The summed E-state index contributed by atoms with van der Waals surface area (Å²) >= 11 is 0. The maximum Gasteiger partial charge on any atom is 0.242 e. The fourth-order valence-electron chi connectivity index (χ4n) is 2.78. The van der Waals surface area contributed by atoms with E-state index in [1.807, 2.05) is 19.1 Å². The normalized spacial score (nSPS) is 22.4. The van der Waals surface area contributed by atoms with Gasteiger partial charge in [-0.2, -0.15) is 0 Å². The number of phenols is 1. The van der Waals surface area contributed by atoms with E-state index in [-0.39, 0.29) is 11.7 Å². The van der Waals surface area contributed by atoms with E-state index in [9.17, 15) is 9.90 Å². The topological polar surface area (TPSA) is 52.6 Å². The van der Waals surface area contributed by atoms with Crippen LogP contribution >= 0.6 is 0 Å². The van der Waals surface area contributed by atoms with Gasteiger partial charge >= 0.3 is 0 Å². The van der Waals surface area contributed by atoms with E-state index < -0.39 is 5.54 Å². The summed E-state index contributed by atoms with van der Waals surface area (Å²) in [5, 5.41) is 13.1. The van der Waals surface area contributed by atoms with Crippen molar-refractivity contribution in [3.63, 3.8) is 0 Å². The summed E-state index contributed by atoms with van der Waals surface area (Å²) in [4.78, 5) is 14.3. The second kappa shape index (κ2) is 5.61. The summed E-state index contributed by atoms with van der Waals surface area (Å²) in [5.74, 6) is 0.364. The molecule has 19 heavy (non-hydrogen) atoms. The molecule has 1 fully saturated rings. The molecule has 4 nitrogen and oxygen atoms in total. The van der Waals surface area contributed by atoms with Gasteiger partial charge in [-0.15, -0.1) is 0 Å². The van der Waals surface area contributed by atoms with Gasteiger partial charge < -0.3 is 15.3 Å². The lowest BCUT2D eigenvalue weighted by molar-refractivity contribution is -0.137.